The second-order valence-corrected chi connectivity index (χ2v) is 4.56. The van der Waals surface area contributed by atoms with Crippen LogP contribution in [0.15, 0.2) is 29.8 Å². The van der Waals surface area contributed by atoms with Crippen LogP contribution in [-0.2, 0) is 19.7 Å². The van der Waals surface area contributed by atoms with Gasteiger partial charge in [-0.25, -0.2) is 4.79 Å². The number of ether oxygens (including phenoxy) is 1. The molecule has 1 aliphatic rings. The van der Waals surface area contributed by atoms with E-state index in [9.17, 15) is 20.0 Å². The molecule has 102 valence electrons. The number of fused-ring (bicyclic) bond motifs is 1. The SMILES string of the molecule is CCOC(=O)C1=C(O)c2ccccc2C(C)(C#N)C1=O. The molecule has 0 saturated heterocycles. The van der Waals surface area contributed by atoms with E-state index in [1.54, 1.807) is 31.2 Å². The highest BCUT2D eigenvalue weighted by Crippen LogP contribution is 2.39. The molecule has 1 aliphatic carbocycles. The molecule has 1 aromatic rings. The Morgan fingerprint density at radius 3 is 2.70 bits per heavy atom. The molecular weight excluding hydrogens is 258 g/mol. The number of hydrogen-bond donors (Lipinski definition) is 1. The van der Waals surface area contributed by atoms with E-state index < -0.39 is 28.5 Å². The summed E-state index contributed by atoms with van der Waals surface area (Å²) >= 11 is 0. The lowest BCUT2D eigenvalue weighted by molar-refractivity contribution is -0.140. The van der Waals surface area contributed by atoms with Gasteiger partial charge in [0.15, 0.2) is 5.78 Å². The summed E-state index contributed by atoms with van der Waals surface area (Å²) in [6.07, 6.45) is 0. The molecule has 0 amide bonds. The molecule has 5 nitrogen and oxygen atoms in total. The zero-order valence-electron chi connectivity index (χ0n) is 11.1. The van der Waals surface area contributed by atoms with E-state index in [1.807, 2.05) is 6.07 Å². The Morgan fingerprint density at radius 1 is 1.45 bits per heavy atom. The van der Waals surface area contributed by atoms with Crippen molar-refractivity contribution >= 4 is 17.5 Å². The minimum Gasteiger partial charge on any atom is -0.506 e. The molecule has 1 unspecified atom stereocenters. The van der Waals surface area contributed by atoms with Crippen molar-refractivity contribution in [3.63, 3.8) is 0 Å². The van der Waals surface area contributed by atoms with E-state index in [1.165, 1.54) is 6.92 Å². The number of carbonyl (C=O) groups is 2. The fraction of sp³-hybridized carbons (Fsp3) is 0.267. The first-order valence-electron chi connectivity index (χ1n) is 6.13. The summed E-state index contributed by atoms with van der Waals surface area (Å²) in [7, 11) is 0. The number of nitrogens with zero attached hydrogens (tertiary/aromatic N) is 1. The smallest absolute Gasteiger partial charge is 0.345 e. The number of benzene rings is 1. The summed E-state index contributed by atoms with van der Waals surface area (Å²) in [5, 5.41) is 19.5. The Morgan fingerprint density at radius 2 is 2.10 bits per heavy atom. The first-order chi connectivity index (χ1) is 9.47. The Kier molecular flexibility index (Phi) is 3.33. The molecule has 2 rings (SSSR count). The normalized spacial score (nSPS) is 21.1. The molecule has 0 radical (unpaired) electrons. The summed E-state index contributed by atoms with van der Waals surface area (Å²) in [6, 6.07) is 8.41. The van der Waals surface area contributed by atoms with Crippen LogP contribution in [0.3, 0.4) is 0 Å². The Labute approximate surface area is 116 Å². The van der Waals surface area contributed by atoms with Crippen LogP contribution in [0.25, 0.3) is 5.76 Å². The van der Waals surface area contributed by atoms with Crippen molar-refractivity contribution in [1.29, 1.82) is 5.26 Å². The number of carbonyl (C=O) groups excluding carboxylic acids is 2. The maximum Gasteiger partial charge on any atom is 0.345 e. The van der Waals surface area contributed by atoms with E-state index in [4.69, 9.17) is 4.74 Å². The number of hydrogen-bond acceptors (Lipinski definition) is 5. The second kappa shape index (κ2) is 4.82. The molecule has 0 saturated carbocycles. The number of aliphatic hydroxyl groups is 1. The number of nitriles is 1. The fourth-order valence-corrected chi connectivity index (χ4v) is 2.24. The van der Waals surface area contributed by atoms with E-state index >= 15 is 0 Å². The lowest BCUT2D eigenvalue weighted by Crippen LogP contribution is -2.39. The van der Waals surface area contributed by atoms with Crippen molar-refractivity contribution in [3.8, 4) is 6.07 Å². The van der Waals surface area contributed by atoms with Gasteiger partial charge >= 0.3 is 5.97 Å². The van der Waals surface area contributed by atoms with E-state index in [0.29, 0.717) is 11.1 Å². The van der Waals surface area contributed by atoms with Crippen LogP contribution in [0.2, 0.25) is 0 Å². The van der Waals surface area contributed by atoms with Crippen LogP contribution in [0.1, 0.15) is 25.0 Å². The van der Waals surface area contributed by atoms with Gasteiger partial charge in [-0.05, 0) is 19.4 Å². The maximum atomic E-state index is 12.4. The predicted molar refractivity (Wildman–Crippen MR) is 70.6 cm³/mol. The lowest BCUT2D eigenvalue weighted by atomic mass is 9.71. The van der Waals surface area contributed by atoms with Crippen molar-refractivity contribution in [1.82, 2.24) is 0 Å². The molecule has 0 heterocycles. The summed E-state index contributed by atoms with van der Waals surface area (Å²) in [5.74, 6) is -2.09. The van der Waals surface area contributed by atoms with Gasteiger partial charge in [-0.3, -0.25) is 4.79 Å². The average molecular weight is 271 g/mol. The van der Waals surface area contributed by atoms with Crippen LogP contribution in [0.4, 0.5) is 0 Å². The number of Topliss-reactive ketones (excluding diaryl/α,β-unsaturated/α-hetero) is 1. The standard InChI is InChI=1S/C15H13NO4/c1-3-20-14(19)11-12(17)9-6-4-5-7-10(9)15(2,8-16)13(11)18/h4-7,17H,3H2,1-2H3. The minimum absolute atomic E-state index is 0.0772. The van der Waals surface area contributed by atoms with Gasteiger partial charge in [0, 0.05) is 5.56 Å². The largest absolute Gasteiger partial charge is 0.506 e. The zero-order valence-corrected chi connectivity index (χ0v) is 11.1. The molecule has 1 atom stereocenters. The van der Waals surface area contributed by atoms with Crippen molar-refractivity contribution in [2.24, 2.45) is 0 Å². The maximum absolute atomic E-state index is 12.4. The van der Waals surface area contributed by atoms with Gasteiger partial charge in [0.1, 0.15) is 16.7 Å². The van der Waals surface area contributed by atoms with Gasteiger partial charge in [-0.15, -0.1) is 0 Å². The third kappa shape index (κ3) is 1.77. The van der Waals surface area contributed by atoms with Crippen molar-refractivity contribution in [2.45, 2.75) is 19.3 Å². The lowest BCUT2D eigenvalue weighted by Gasteiger charge is -2.28. The van der Waals surface area contributed by atoms with Crippen molar-refractivity contribution in [2.75, 3.05) is 6.61 Å². The molecule has 20 heavy (non-hydrogen) atoms. The van der Waals surface area contributed by atoms with Gasteiger partial charge < -0.3 is 9.84 Å². The topological polar surface area (TPSA) is 87.4 Å². The highest BCUT2D eigenvalue weighted by Gasteiger charge is 2.47. The van der Waals surface area contributed by atoms with Gasteiger partial charge in [-0.1, -0.05) is 24.3 Å². The molecule has 0 spiro atoms. The molecular formula is C15H13NO4. The third-order valence-electron chi connectivity index (χ3n) is 3.34. The first kappa shape index (κ1) is 13.8. The summed E-state index contributed by atoms with van der Waals surface area (Å²) < 4.78 is 4.79. The Bertz CT molecular complexity index is 669. The molecule has 0 bridgehead atoms. The van der Waals surface area contributed by atoms with Crippen LogP contribution in [0, 0.1) is 11.3 Å². The van der Waals surface area contributed by atoms with Crippen LogP contribution in [-0.4, -0.2) is 23.5 Å². The van der Waals surface area contributed by atoms with Crippen molar-refractivity contribution in [3.05, 3.63) is 41.0 Å². The molecule has 1 N–H and O–H groups in total. The Hall–Kier alpha value is -2.61. The minimum atomic E-state index is -1.51. The predicted octanol–water partition coefficient (Wildman–Crippen LogP) is 1.88. The van der Waals surface area contributed by atoms with Gasteiger partial charge in [0.2, 0.25) is 0 Å². The molecule has 1 aromatic carbocycles. The highest BCUT2D eigenvalue weighted by molar-refractivity contribution is 6.27. The molecule has 0 fully saturated rings. The number of aliphatic hydroxyl groups excluding tert-OH is 1. The number of rotatable bonds is 2. The second-order valence-electron chi connectivity index (χ2n) is 4.56. The third-order valence-corrected chi connectivity index (χ3v) is 3.34. The van der Waals surface area contributed by atoms with Gasteiger partial charge in [0.05, 0.1) is 12.7 Å². The van der Waals surface area contributed by atoms with Crippen LogP contribution in [0.5, 0.6) is 0 Å². The van der Waals surface area contributed by atoms with Crippen molar-refractivity contribution < 1.29 is 19.4 Å². The molecule has 0 aromatic heterocycles. The summed E-state index contributed by atoms with van der Waals surface area (Å²) in [5.41, 5.74) is -1.28. The Balaban J connectivity index is 2.74. The first-order valence-corrected chi connectivity index (χ1v) is 6.13. The summed E-state index contributed by atoms with van der Waals surface area (Å²) in [4.78, 5) is 24.3. The average Bonchev–Trinajstić information content (AvgIpc) is 2.45. The van der Waals surface area contributed by atoms with Gasteiger partial charge in [0.25, 0.3) is 0 Å². The van der Waals surface area contributed by atoms with E-state index in [0.717, 1.165) is 0 Å². The zero-order chi connectivity index (χ0) is 14.9. The van der Waals surface area contributed by atoms with E-state index in [-0.39, 0.29) is 6.61 Å². The monoisotopic (exact) mass is 271 g/mol. The number of esters is 1. The summed E-state index contributed by atoms with van der Waals surface area (Å²) in [6.45, 7) is 3.11. The quantitative estimate of drug-likeness (QED) is 0.655. The number of ketones is 1. The molecule has 5 heteroatoms. The highest BCUT2D eigenvalue weighted by atomic mass is 16.5. The van der Waals surface area contributed by atoms with Crippen LogP contribution >= 0.6 is 0 Å². The molecule has 0 aliphatic heterocycles. The van der Waals surface area contributed by atoms with Crippen LogP contribution < -0.4 is 0 Å². The van der Waals surface area contributed by atoms with E-state index in [2.05, 4.69) is 0 Å². The fourth-order valence-electron chi connectivity index (χ4n) is 2.24. The van der Waals surface area contributed by atoms with Gasteiger partial charge in [-0.2, -0.15) is 5.26 Å².